The third kappa shape index (κ3) is 1.15. The first-order chi connectivity index (χ1) is 5.38. The molecule has 54 valence electrons. The molecule has 11 heavy (non-hydrogen) atoms. The molecule has 0 atom stereocenters. The summed E-state index contributed by atoms with van der Waals surface area (Å²) in [4.78, 5) is 13.2. The van der Waals surface area contributed by atoms with Crippen LogP contribution in [-0.4, -0.2) is 14.5 Å². The van der Waals surface area contributed by atoms with Gasteiger partial charge in [-0.3, -0.25) is 0 Å². The standard InChI is InChI=1S/C9H6OSe/c10-9-8-4-2-1-3-7(8)5-6-11-9/h1-6H. The third-order valence-electron chi connectivity index (χ3n) is 1.60. The molecule has 0 amide bonds. The summed E-state index contributed by atoms with van der Waals surface area (Å²) < 4.78 is 0.288. The Kier molecular flexibility index (Phi) is 1.65. The first-order valence-corrected chi connectivity index (χ1v) is 5.19. The number of hydrogen-bond acceptors (Lipinski definition) is 1. The second kappa shape index (κ2) is 2.65. The summed E-state index contributed by atoms with van der Waals surface area (Å²) in [6, 6.07) is 9.75. The van der Waals surface area contributed by atoms with Crippen molar-refractivity contribution in [2.45, 2.75) is 0 Å². The van der Waals surface area contributed by atoms with Crippen molar-refractivity contribution in [2.75, 3.05) is 0 Å². The topological polar surface area (TPSA) is 17.1 Å². The van der Waals surface area contributed by atoms with Crippen molar-refractivity contribution in [2.24, 2.45) is 0 Å². The van der Waals surface area contributed by atoms with Crippen LogP contribution in [-0.2, 0) is 0 Å². The number of rotatable bonds is 0. The van der Waals surface area contributed by atoms with E-state index in [0.29, 0.717) is 0 Å². The van der Waals surface area contributed by atoms with Crippen molar-refractivity contribution < 1.29 is 0 Å². The van der Waals surface area contributed by atoms with Gasteiger partial charge in [0.05, 0.1) is 0 Å². The van der Waals surface area contributed by atoms with E-state index < -0.39 is 0 Å². The molecule has 0 aliphatic rings. The minimum absolute atomic E-state index is 0.0361. The molecule has 2 rings (SSSR count). The van der Waals surface area contributed by atoms with Gasteiger partial charge in [0, 0.05) is 0 Å². The molecule has 0 radical (unpaired) electrons. The molecule has 0 aliphatic carbocycles. The van der Waals surface area contributed by atoms with Crippen LogP contribution in [0.5, 0.6) is 0 Å². The summed E-state index contributed by atoms with van der Waals surface area (Å²) >= 11 is 0.0361. The van der Waals surface area contributed by atoms with E-state index in [-0.39, 0.29) is 18.8 Å². The Bertz CT molecular complexity index is 425. The van der Waals surface area contributed by atoms with Gasteiger partial charge in [-0.1, -0.05) is 0 Å². The second-order valence-corrected chi connectivity index (χ2v) is 4.14. The molecular formula is C9H6OSe. The molecule has 0 unspecified atom stereocenters. The summed E-state index contributed by atoms with van der Waals surface area (Å²) in [6.07, 6.45) is 0. The fraction of sp³-hybridized carbons (Fsp3) is 0. The average molecular weight is 209 g/mol. The van der Waals surface area contributed by atoms with Crippen LogP contribution in [0, 0.1) is 0 Å². The Balaban J connectivity index is 3.03. The van der Waals surface area contributed by atoms with Crippen molar-refractivity contribution in [1.82, 2.24) is 0 Å². The van der Waals surface area contributed by atoms with E-state index in [1.807, 2.05) is 35.3 Å². The van der Waals surface area contributed by atoms with Crippen LogP contribution in [0.2, 0.25) is 0 Å². The predicted molar refractivity (Wildman–Crippen MR) is 47.2 cm³/mol. The molecule has 1 heterocycles. The SMILES string of the molecule is O=c1[se]ccc2ccccc12. The zero-order valence-electron chi connectivity index (χ0n) is 5.78. The van der Waals surface area contributed by atoms with Crippen LogP contribution >= 0.6 is 0 Å². The van der Waals surface area contributed by atoms with Gasteiger partial charge in [0.15, 0.2) is 0 Å². The molecule has 2 heteroatoms. The van der Waals surface area contributed by atoms with Gasteiger partial charge >= 0.3 is 69.6 Å². The molecule has 1 nitrogen and oxygen atoms in total. The normalized spacial score (nSPS) is 10.2. The number of hydrogen-bond donors (Lipinski definition) is 0. The molecule has 0 saturated carbocycles. The van der Waals surface area contributed by atoms with E-state index in [2.05, 4.69) is 0 Å². The molecule has 1 aromatic heterocycles. The van der Waals surface area contributed by atoms with Crippen LogP contribution in [0.4, 0.5) is 0 Å². The third-order valence-corrected chi connectivity index (χ3v) is 3.08. The van der Waals surface area contributed by atoms with Crippen molar-refractivity contribution >= 4 is 25.3 Å². The predicted octanol–water partition coefficient (Wildman–Crippen LogP) is 1.26. The summed E-state index contributed by atoms with van der Waals surface area (Å²) in [5.74, 6) is 0. The van der Waals surface area contributed by atoms with Crippen molar-refractivity contribution in [1.29, 1.82) is 0 Å². The summed E-state index contributed by atoms with van der Waals surface area (Å²) in [5.41, 5.74) is 0. The Morgan fingerprint density at radius 2 is 1.91 bits per heavy atom. The number of fused-ring (bicyclic) bond motifs is 1. The molecule has 0 bridgehead atoms. The average Bonchev–Trinajstić information content (AvgIpc) is 2.06. The van der Waals surface area contributed by atoms with Gasteiger partial charge in [-0.15, -0.1) is 0 Å². The van der Waals surface area contributed by atoms with Gasteiger partial charge in [0.25, 0.3) is 0 Å². The van der Waals surface area contributed by atoms with E-state index in [1.54, 1.807) is 0 Å². The van der Waals surface area contributed by atoms with E-state index in [0.717, 1.165) is 10.8 Å². The molecule has 0 spiro atoms. The van der Waals surface area contributed by atoms with Gasteiger partial charge in [-0.2, -0.15) is 0 Å². The molecule has 0 N–H and O–H groups in total. The van der Waals surface area contributed by atoms with Gasteiger partial charge in [-0.05, 0) is 0 Å². The molecule has 1 aromatic carbocycles. The molecule has 0 fully saturated rings. The van der Waals surface area contributed by atoms with E-state index in [1.165, 1.54) is 0 Å². The van der Waals surface area contributed by atoms with Crippen LogP contribution in [0.25, 0.3) is 10.8 Å². The van der Waals surface area contributed by atoms with E-state index in [4.69, 9.17) is 0 Å². The van der Waals surface area contributed by atoms with Gasteiger partial charge < -0.3 is 0 Å². The molecule has 0 saturated heterocycles. The first-order valence-electron chi connectivity index (χ1n) is 3.34. The Hall–Kier alpha value is -0.851. The Morgan fingerprint density at radius 1 is 1.09 bits per heavy atom. The van der Waals surface area contributed by atoms with Crippen LogP contribution in [0.3, 0.4) is 0 Å². The van der Waals surface area contributed by atoms with E-state index in [9.17, 15) is 4.79 Å². The van der Waals surface area contributed by atoms with Gasteiger partial charge in [0.1, 0.15) is 0 Å². The van der Waals surface area contributed by atoms with Crippen molar-refractivity contribution in [3.8, 4) is 0 Å². The second-order valence-electron chi connectivity index (χ2n) is 2.30. The number of benzene rings is 1. The summed E-state index contributed by atoms with van der Waals surface area (Å²) in [6.45, 7) is 0. The Labute approximate surface area is 70.0 Å². The molecule has 2 aromatic rings. The van der Waals surface area contributed by atoms with Crippen LogP contribution in [0.1, 0.15) is 0 Å². The Morgan fingerprint density at radius 3 is 2.73 bits per heavy atom. The maximum absolute atomic E-state index is 11.3. The molecular weight excluding hydrogens is 203 g/mol. The van der Waals surface area contributed by atoms with Crippen LogP contribution < -0.4 is 4.30 Å². The van der Waals surface area contributed by atoms with Gasteiger partial charge in [-0.25, -0.2) is 0 Å². The van der Waals surface area contributed by atoms with Crippen molar-refractivity contribution in [3.05, 3.63) is 44.4 Å². The maximum atomic E-state index is 11.3. The minimum atomic E-state index is 0.0361. The summed E-state index contributed by atoms with van der Waals surface area (Å²) in [7, 11) is 0. The van der Waals surface area contributed by atoms with E-state index >= 15 is 0 Å². The zero-order chi connectivity index (χ0) is 7.68. The zero-order valence-corrected chi connectivity index (χ0v) is 7.49. The quantitative estimate of drug-likeness (QED) is 0.597. The van der Waals surface area contributed by atoms with Gasteiger partial charge in [0.2, 0.25) is 0 Å². The first kappa shape index (κ1) is 6.83. The fourth-order valence-corrected chi connectivity index (χ4v) is 2.43. The summed E-state index contributed by atoms with van der Waals surface area (Å²) in [5, 5.41) is 1.95. The van der Waals surface area contributed by atoms with Crippen LogP contribution in [0.15, 0.2) is 40.1 Å². The molecule has 0 aliphatic heterocycles. The monoisotopic (exact) mass is 210 g/mol. The fourth-order valence-electron chi connectivity index (χ4n) is 1.06. The van der Waals surface area contributed by atoms with Crippen molar-refractivity contribution in [3.63, 3.8) is 0 Å².